The van der Waals surface area contributed by atoms with Crippen LogP contribution < -0.4 is 5.32 Å². The Bertz CT molecular complexity index is 882. The van der Waals surface area contributed by atoms with E-state index in [0.717, 1.165) is 11.1 Å². The Morgan fingerprint density at radius 3 is 2.19 bits per heavy atom. The second kappa shape index (κ2) is 7.61. The molecule has 3 aromatic carbocycles. The fourth-order valence-electron chi connectivity index (χ4n) is 2.64. The van der Waals surface area contributed by atoms with Gasteiger partial charge in [-0.2, -0.15) is 0 Å². The Kier molecular flexibility index (Phi) is 5.08. The largest absolute Gasteiger partial charge is 0.507 e. The third-order valence-electron chi connectivity index (χ3n) is 3.87. The molecule has 3 aromatic rings. The number of amides is 1. The fourth-order valence-corrected chi connectivity index (χ4v) is 2.64. The molecule has 0 aliphatic carbocycles. The fraction of sp³-hybridized carbons (Fsp3) is 0.0952. The van der Waals surface area contributed by atoms with Gasteiger partial charge in [0.05, 0.1) is 5.56 Å². The van der Waals surface area contributed by atoms with Crippen molar-refractivity contribution in [3.63, 3.8) is 0 Å². The number of benzene rings is 3. The van der Waals surface area contributed by atoms with Crippen LogP contribution in [0.5, 0.6) is 11.5 Å². The summed E-state index contributed by atoms with van der Waals surface area (Å²) in [6, 6.07) is 19.4. The predicted octanol–water partition coefficient (Wildman–Crippen LogP) is 4.82. The molecule has 5 heteroatoms. The Hall–Kier alpha value is -3.47. The van der Waals surface area contributed by atoms with Gasteiger partial charge in [-0.25, -0.2) is 4.79 Å². The highest BCUT2D eigenvalue weighted by Gasteiger charge is 2.11. The number of aryl methyl sites for hydroxylation is 1. The maximum atomic E-state index is 11.9. The molecule has 0 aliphatic rings. The first-order valence-electron chi connectivity index (χ1n) is 8.13. The van der Waals surface area contributed by atoms with Gasteiger partial charge in [0.2, 0.25) is 0 Å². The van der Waals surface area contributed by atoms with Crippen molar-refractivity contribution in [3.05, 3.63) is 77.9 Å². The molecule has 0 saturated heterocycles. The first-order chi connectivity index (χ1) is 12.5. The zero-order valence-electron chi connectivity index (χ0n) is 14.3. The standard InChI is InChI=1S/C21H19NO4/c1-14-11-18(23)20(19(24)12-14)16-7-9-17(10-8-16)22-21(25)26-13-15-5-3-2-4-6-15/h2-12,23-24H,13H2,1H3,(H,22,25). The molecule has 0 aliphatic heterocycles. The monoisotopic (exact) mass is 349 g/mol. The molecule has 26 heavy (non-hydrogen) atoms. The highest BCUT2D eigenvalue weighted by Crippen LogP contribution is 2.38. The number of carbonyl (C=O) groups excluding carboxylic acids is 1. The molecule has 0 radical (unpaired) electrons. The van der Waals surface area contributed by atoms with E-state index in [9.17, 15) is 15.0 Å². The van der Waals surface area contributed by atoms with E-state index < -0.39 is 6.09 Å². The van der Waals surface area contributed by atoms with Gasteiger partial charge in [-0.3, -0.25) is 5.32 Å². The van der Waals surface area contributed by atoms with E-state index >= 15 is 0 Å². The third kappa shape index (κ3) is 4.13. The molecule has 0 aromatic heterocycles. The van der Waals surface area contributed by atoms with E-state index in [2.05, 4.69) is 5.32 Å². The Balaban J connectivity index is 1.65. The number of phenolic OH excluding ortho intramolecular Hbond substituents is 2. The van der Waals surface area contributed by atoms with Gasteiger partial charge in [0.25, 0.3) is 0 Å². The van der Waals surface area contributed by atoms with E-state index in [0.29, 0.717) is 16.8 Å². The maximum absolute atomic E-state index is 11.9. The van der Waals surface area contributed by atoms with Gasteiger partial charge in [-0.15, -0.1) is 0 Å². The lowest BCUT2D eigenvalue weighted by atomic mass is 10.0. The molecule has 0 fully saturated rings. The van der Waals surface area contributed by atoms with E-state index in [1.165, 1.54) is 0 Å². The smallest absolute Gasteiger partial charge is 0.411 e. The number of carbonyl (C=O) groups is 1. The molecule has 132 valence electrons. The molecule has 5 nitrogen and oxygen atoms in total. The molecule has 0 bridgehead atoms. The van der Waals surface area contributed by atoms with Crippen LogP contribution in [0.1, 0.15) is 11.1 Å². The van der Waals surface area contributed by atoms with E-state index in [4.69, 9.17) is 4.74 Å². The summed E-state index contributed by atoms with van der Waals surface area (Å²) in [6.45, 7) is 1.98. The van der Waals surface area contributed by atoms with Gasteiger partial charge in [-0.1, -0.05) is 42.5 Å². The van der Waals surface area contributed by atoms with Gasteiger partial charge in [0.15, 0.2) is 0 Å². The number of aromatic hydroxyl groups is 2. The first kappa shape index (κ1) is 17.4. The Morgan fingerprint density at radius 1 is 0.962 bits per heavy atom. The van der Waals surface area contributed by atoms with Gasteiger partial charge in [0, 0.05) is 5.69 Å². The average Bonchev–Trinajstić information content (AvgIpc) is 2.61. The predicted molar refractivity (Wildman–Crippen MR) is 100 cm³/mol. The molecule has 3 rings (SSSR count). The van der Waals surface area contributed by atoms with Crippen molar-refractivity contribution in [2.75, 3.05) is 5.32 Å². The molecule has 0 saturated carbocycles. The summed E-state index contributed by atoms with van der Waals surface area (Å²) in [5, 5.41) is 22.8. The number of hydrogen-bond donors (Lipinski definition) is 3. The lowest BCUT2D eigenvalue weighted by molar-refractivity contribution is 0.155. The third-order valence-corrected chi connectivity index (χ3v) is 3.87. The van der Waals surface area contributed by atoms with E-state index in [1.807, 2.05) is 30.3 Å². The van der Waals surface area contributed by atoms with Gasteiger partial charge < -0.3 is 14.9 Å². The quantitative estimate of drug-likeness (QED) is 0.631. The number of ether oxygens (including phenoxy) is 1. The van der Waals surface area contributed by atoms with Crippen LogP contribution in [0.15, 0.2) is 66.7 Å². The molecule has 0 heterocycles. The number of hydrogen-bond acceptors (Lipinski definition) is 4. The van der Waals surface area contributed by atoms with Crippen molar-refractivity contribution in [3.8, 4) is 22.6 Å². The van der Waals surface area contributed by atoms with Crippen LogP contribution in [0.4, 0.5) is 10.5 Å². The molecule has 0 atom stereocenters. The molecule has 3 N–H and O–H groups in total. The average molecular weight is 349 g/mol. The SMILES string of the molecule is Cc1cc(O)c(-c2ccc(NC(=O)OCc3ccccc3)cc2)c(O)c1. The number of anilines is 1. The minimum atomic E-state index is -0.553. The summed E-state index contributed by atoms with van der Waals surface area (Å²) >= 11 is 0. The summed E-state index contributed by atoms with van der Waals surface area (Å²) in [6.07, 6.45) is -0.553. The minimum absolute atomic E-state index is 0.00507. The summed E-state index contributed by atoms with van der Waals surface area (Å²) in [5.74, 6) is 0.0101. The van der Waals surface area contributed by atoms with Crippen molar-refractivity contribution >= 4 is 11.8 Å². The number of phenols is 2. The molecular formula is C21H19NO4. The molecule has 1 amide bonds. The summed E-state index contributed by atoms with van der Waals surface area (Å²) in [7, 11) is 0. The lowest BCUT2D eigenvalue weighted by Gasteiger charge is -2.10. The maximum Gasteiger partial charge on any atom is 0.411 e. The van der Waals surface area contributed by atoms with Gasteiger partial charge in [-0.05, 0) is 47.9 Å². The van der Waals surface area contributed by atoms with Crippen molar-refractivity contribution in [2.24, 2.45) is 0 Å². The minimum Gasteiger partial charge on any atom is -0.507 e. The van der Waals surface area contributed by atoms with Crippen LogP contribution in [-0.4, -0.2) is 16.3 Å². The van der Waals surface area contributed by atoms with Gasteiger partial charge >= 0.3 is 6.09 Å². The zero-order chi connectivity index (χ0) is 18.5. The van der Waals surface area contributed by atoms with E-state index in [-0.39, 0.29) is 18.1 Å². The van der Waals surface area contributed by atoms with Crippen molar-refractivity contribution in [1.82, 2.24) is 0 Å². The van der Waals surface area contributed by atoms with Crippen LogP contribution in [0.3, 0.4) is 0 Å². The van der Waals surface area contributed by atoms with Gasteiger partial charge in [0.1, 0.15) is 18.1 Å². The Labute approximate surface area is 151 Å². The normalized spacial score (nSPS) is 10.3. The topological polar surface area (TPSA) is 78.8 Å². The summed E-state index contributed by atoms with van der Waals surface area (Å²) in [4.78, 5) is 11.9. The van der Waals surface area contributed by atoms with E-state index in [1.54, 1.807) is 43.3 Å². The summed E-state index contributed by atoms with van der Waals surface area (Å²) < 4.78 is 5.17. The van der Waals surface area contributed by atoms with Crippen LogP contribution >= 0.6 is 0 Å². The molecule has 0 unspecified atom stereocenters. The van der Waals surface area contributed by atoms with Crippen molar-refractivity contribution in [2.45, 2.75) is 13.5 Å². The Morgan fingerprint density at radius 2 is 1.58 bits per heavy atom. The summed E-state index contributed by atoms with van der Waals surface area (Å²) in [5.41, 5.74) is 3.22. The molecular weight excluding hydrogens is 330 g/mol. The highest BCUT2D eigenvalue weighted by atomic mass is 16.5. The highest BCUT2D eigenvalue weighted by molar-refractivity contribution is 5.85. The second-order valence-electron chi connectivity index (χ2n) is 5.94. The van der Waals surface area contributed by atoms with Crippen molar-refractivity contribution in [1.29, 1.82) is 0 Å². The first-order valence-corrected chi connectivity index (χ1v) is 8.13. The zero-order valence-corrected chi connectivity index (χ0v) is 14.3. The number of nitrogens with one attached hydrogen (secondary N) is 1. The second-order valence-corrected chi connectivity index (χ2v) is 5.94. The lowest BCUT2D eigenvalue weighted by Crippen LogP contribution is -2.13. The van der Waals surface area contributed by atoms with Crippen LogP contribution in [0.2, 0.25) is 0 Å². The van der Waals surface area contributed by atoms with Crippen LogP contribution in [-0.2, 0) is 11.3 Å². The molecule has 0 spiro atoms. The van der Waals surface area contributed by atoms with Crippen LogP contribution in [0.25, 0.3) is 11.1 Å². The van der Waals surface area contributed by atoms with Crippen molar-refractivity contribution < 1.29 is 19.7 Å². The van der Waals surface area contributed by atoms with Crippen LogP contribution in [0, 0.1) is 6.92 Å². The number of rotatable bonds is 4.